The van der Waals surface area contributed by atoms with E-state index in [1.54, 1.807) is 0 Å². The number of hydrogen-bond acceptors (Lipinski definition) is 3. The SMILES string of the molecule is CCc1ccc(CC)c(CNC(=O)CN(c2cc(Cl)cc(Cl)c2)S(C)(=O)=O)c1. The average Bonchev–Trinajstić information content (AvgIpc) is 2.62. The van der Waals surface area contributed by atoms with E-state index in [0.717, 1.165) is 34.5 Å². The maximum absolute atomic E-state index is 12.5. The molecule has 0 aliphatic rings. The van der Waals surface area contributed by atoms with Crippen LogP contribution in [0.25, 0.3) is 0 Å². The number of nitrogens with one attached hydrogen (secondary N) is 1. The molecule has 0 spiro atoms. The lowest BCUT2D eigenvalue weighted by molar-refractivity contribution is -0.119. The van der Waals surface area contributed by atoms with Crippen LogP contribution in [-0.2, 0) is 34.2 Å². The number of carbonyl (C=O) groups is 1. The topological polar surface area (TPSA) is 66.5 Å². The lowest BCUT2D eigenvalue weighted by Crippen LogP contribution is -2.40. The fraction of sp³-hybridized carbons (Fsp3) is 0.350. The van der Waals surface area contributed by atoms with Gasteiger partial charge in [-0.1, -0.05) is 55.2 Å². The number of sulfonamides is 1. The molecule has 0 aliphatic carbocycles. The highest BCUT2D eigenvalue weighted by molar-refractivity contribution is 7.92. The number of anilines is 1. The van der Waals surface area contributed by atoms with Crippen molar-refractivity contribution in [3.05, 3.63) is 63.1 Å². The van der Waals surface area contributed by atoms with Gasteiger partial charge in [-0.15, -0.1) is 0 Å². The van der Waals surface area contributed by atoms with E-state index in [4.69, 9.17) is 23.2 Å². The van der Waals surface area contributed by atoms with Crippen LogP contribution in [0.4, 0.5) is 5.69 Å². The first-order chi connectivity index (χ1) is 13.1. The molecule has 0 unspecified atom stereocenters. The van der Waals surface area contributed by atoms with Gasteiger partial charge in [-0.05, 0) is 47.7 Å². The van der Waals surface area contributed by atoms with Crippen molar-refractivity contribution in [1.29, 1.82) is 0 Å². The molecular weight excluding hydrogens is 419 g/mol. The summed E-state index contributed by atoms with van der Waals surface area (Å²) >= 11 is 12.0. The smallest absolute Gasteiger partial charge is 0.241 e. The third-order valence-electron chi connectivity index (χ3n) is 4.36. The van der Waals surface area contributed by atoms with Crippen molar-refractivity contribution >= 4 is 44.8 Å². The molecule has 2 aromatic rings. The van der Waals surface area contributed by atoms with Crippen LogP contribution < -0.4 is 9.62 Å². The number of benzene rings is 2. The number of rotatable bonds is 8. The van der Waals surface area contributed by atoms with Crippen LogP contribution in [0.2, 0.25) is 10.0 Å². The molecule has 0 bridgehead atoms. The monoisotopic (exact) mass is 442 g/mol. The van der Waals surface area contributed by atoms with Crippen LogP contribution in [0, 0.1) is 0 Å². The molecule has 1 amide bonds. The number of nitrogens with zero attached hydrogens (tertiary/aromatic N) is 1. The van der Waals surface area contributed by atoms with Gasteiger partial charge in [-0.2, -0.15) is 0 Å². The molecule has 0 saturated heterocycles. The van der Waals surface area contributed by atoms with Gasteiger partial charge in [-0.25, -0.2) is 8.42 Å². The summed E-state index contributed by atoms with van der Waals surface area (Å²) in [6, 6.07) is 10.6. The highest BCUT2D eigenvalue weighted by atomic mass is 35.5. The van der Waals surface area contributed by atoms with Gasteiger partial charge < -0.3 is 5.32 Å². The van der Waals surface area contributed by atoms with Gasteiger partial charge in [-0.3, -0.25) is 9.10 Å². The summed E-state index contributed by atoms with van der Waals surface area (Å²) in [5, 5.41) is 3.40. The molecule has 2 aromatic carbocycles. The van der Waals surface area contributed by atoms with Crippen LogP contribution in [-0.4, -0.2) is 27.1 Å². The molecule has 1 N–H and O–H groups in total. The second kappa shape index (κ2) is 9.63. The zero-order valence-electron chi connectivity index (χ0n) is 16.1. The van der Waals surface area contributed by atoms with E-state index < -0.39 is 15.9 Å². The number of hydrogen-bond donors (Lipinski definition) is 1. The third-order valence-corrected chi connectivity index (χ3v) is 5.94. The number of carbonyl (C=O) groups excluding carboxylic acids is 1. The molecule has 152 valence electrons. The second-order valence-electron chi connectivity index (χ2n) is 6.48. The largest absolute Gasteiger partial charge is 0.350 e. The maximum Gasteiger partial charge on any atom is 0.241 e. The van der Waals surface area contributed by atoms with E-state index in [2.05, 4.69) is 37.4 Å². The van der Waals surface area contributed by atoms with Gasteiger partial charge in [0.05, 0.1) is 11.9 Å². The van der Waals surface area contributed by atoms with Crippen molar-refractivity contribution in [2.24, 2.45) is 0 Å². The minimum Gasteiger partial charge on any atom is -0.350 e. The highest BCUT2D eigenvalue weighted by Crippen LogP contribution is 2.26. The lowest BCUT2D eigenvalue weighted by Gasteiger charge is -2.22. The molecule has 2 rings (SSSR count). The Morgan fingerprint density at radius 2 is 1.64 bits per heavy atom. The van der Waals surface area contributed by atoms with Crippen molar-refractivity contribution in [3.63, 3.8) is 0 Å². The maximum atomic E-state index is 12.5. The summed E-state index contributed by atoms with van der Waals surface area (Å²) in [5.74, 6) is -0.412. The summed E-state index contributed by atoms with van der Waals surface area (Å²) in [4.78, 5) is 12.5. The Kier molecular flexibility index (Phi) is 7.75. The van der Waals surface area contributed by atoms with Gasteiger partial charge >= 0.3 is 0 Å². The lowest BCUT2D eigenvalue weighted by atomic mass is 10.0. The zero-order chi connectivity index (χ0) is 20.9. The Morgan fingerprint density at radius 1 is 1.00 bits per heavy atom. The van der Waals surface area contributed by atoms with Crippen molar-refractivity contribution in [1.82, 2.24) is 5.32 Å². The van der Waals surface area contributed by atoms with Gasteiger partial charge in [0.15, 0.2) is 0 Å². The predicted octanol–water partition coefficient (Wildman–Crippen LogP) is 4.20. The number of amides is 1. The summed E-state index contributed by atoms with van der Waals surface area (Å²) in [5.41, 5.74) is 3.62. The van der Waals surface area contributed by atoms with E-state index in [1.807, 2.05) is 0 Å². The fourth-order valence-electron chi connectivity index (χ4n) is 2.87. The Labute approximate surface area is 176 Å². The van der Waals surface area contributed by atoms with Crippen molar-refractivity contribution in [2.45, 2.75) is 33.2 Å². The third kappa shape index (κ3) is 6.12. The molecule has 8 heteroatoms. The molecule has 0 heterocycles. The minimum atomic E-state index is -3.70. The quantitative estimate of drug-likeness (QED) is 0.665. The first kappa shape index (κ1) is 22.5. The normalized spacial score (nSPS) is 11.3. The Balaban J connectivity index is 2.17. The molecule has 0 aliphatic heterocycles. The van der Waals surface area contributed by atoms with Crippen molar-refractivity contribution < 1.29 is 13.2 Å². The van der Waals surface area contributed by atoms with Crippen LogP contribution >= 0.6 is 23.2 Å². The van der Waals surface area contributed by atoms with Crippen molar-refractivity contribution in [2.75, 3.05) is 17.1 Å². The fourth-order valence-corrected chi connectivity index (χ4v) is 4.23. The van der Waals surface area contributed by atoms with Crippen LogP contribution in [0.15, 0.2) is 36.4 Å². The Hall–Kier alpha value is -1.76. The molecule has 0 aromatic heterocycles. The van der Waals surface area contributed by atoms with E-state index in [9.17, 15) is 13.2 Å². The van der Waals surface area contributed by atoms with E-state index in [1.165, 1.54) is 23.8 Å². The molecule has 0 fully saturated rings. The van der Waals surface area contributed by atoms with E-state index >= 15 is 0 Å². The molecule has 0 saturated carbocycles. The molecule has 5 nitrogen and oxygen atoms in total. The zero-order valence-corrected chi connectivity index (χ0v) is 18.5. The molecule has 0 atom stereocenters. The van der Waals surface area contributed by atoms with Crippen LogP contribution in [0.1, 0.15) is 30.5 Å². The van der Waals surface area contributed by atoms with E-state index in [0.29, 0.717) is 16.6 Å². The first-order valence-corrected chi connectivity index (χ1v) is 11.6. The summed E-state index contributed by atoms with van der Waals surface area (Å²) in [7, 11) is -3.70. The number of aryl methyl sites for hydroxylation is 2. The van der Waals surface area contributed by atoms with E-state index in [-0.39, 0.29) is 12.2 Å². The minimum absolute atomic E-state index is 0.248. The molecular formula is C20H24Cl2N2O3S. The van der Waals surface area contributed by atoms with Gasteiger partial charge in [0, 0.05) is 16.6 Å². The van der Waals surface area contributed by atoms with Crippen LogP contribution in [0.5, 0.6) is 0 Å². The molecule has 28 heavy (non-hydrogen) atoms. The average molecular weight is 443 g/mol. The van der Waals surface area contributed by atoms with Crippen LogP contribution in [0.3, 0.4) is 0 Å². The number of halogens is 2. The molecule has 0 radical (unpaired) electrons. The van der Waals surface area contributed by atoms with Crippen molar-refractivity contribution in [3.8, 4) is 0 Å². The van der Waals surface area contributed by atoms with Gasteiger partial charge in [0.1, 0.15) is 6.54 Å². The van der Waals surface area contributed by atoms with Gasteiger partial charge in [0.2, 0.25) is 15.9 Å². The summed E-state index contributed by atoms with van der Waals surface area (Å²) in [6.07, 6.45) is 2.79. The summed E-state index contributed by atoms with van der Waals surface area (Å²) < 4.78 is 25.4. The predicted molar refractivity (Wildman–Crippen MR) is 116 cm³/mol. The standard InChI is InChI=1S/C20H24Cl2N2O3S/c1-4-14-6-7-15(5-2)16(8-14)12-23-20(25)13-24(28(3,26)27)19-10-17(21)9-18(22)11-19/h6-11H,4-5,12-13H2,1-3H3,(H,23,25). The Bertz CT molecular complexity index is 942. The highest BCUT2D eigenvalue weighted by Gasteiger charge is 2.21. The summed E-state index contributed by atoms with van der Waals surface area (Å²) in [6.45, 7) is 4.11. The van der Waals surface area contributed by atoms with Gasteiger partial charge in [0.25, 0.3) is 0 Å². The second-order valence-corrected chi connectivity index (χ2v) is 9.26. The first-order valence-electron chi connectivity index (χ1n) is 8.95. The Morgan fingerprint density at radius 3 is 2.18 bits per heavy atom.